The molecule has 0 bridgehead atoms. The standard InChI is InChI=1S/C19H20O7/c1-11(21)25-9-14-5-13-6-18(23-3)19(24-4)7-15(13)16(8-20)17(14)10-26-12(2)22/h5-8H,9-10H2,1-4H3. The maximum absolute atomic E-state index is 11.8. The van der Waals surface area contributed by atoms with Crippen LogP contribution in [0.15, 0.2) is 18.2 Å². The number of methoxy groups -OCH3 is 2. The average Bonchev–Trinajstić information content (AvgIpc) is 2.62. The number of rotatable bonds is 7. The predicted molar refractivity (Wildman–Crippen MR) is 93.4 cm³/mol. The lowest BCUT2D eigenvalue weighted by atomic mass is 9.94. The average molecular weight is 360 g/mol. The zero-order valence-corrected chi connectivity index (χ0v) is 15.1. The van der Waals surface area contributed by atoms with Crippen LogP contribution in [-0.4, -0.2) is 32.4 Å². The normalized spacial score (nSPS) is 10.3. The van der Waals surface area contributed by atoms with Crippen molar-refractivity contribution in [1.82, 2.24) is 0 Å². The Labute approximate surface area is 150 Å². The van der Waals surface area contributed by atoms with Crippen LogP contribution in [0.25, 0.3) is 10.8 Å². The molecule has 2 aromatic rings. The molecular weight excluding hydrogens is 340 g/mol. The fraction of sp³-hybridized carbons (Fsp3) is 0.316. The van der Waals surface area contributed by atoms with Gasteiger partial charge >= 0.3 is 11.9 Å². The fourth-order valence-electron chi connectivity index (χ4n) is 2.64. The van der Waals surface area contributed by atoms with Crippen LogP contribution in [0.2, 0.25) is 0 Å². The van der Waals surface area contributed by atoms with Crippen molar-refractivity contribution in [1.29, 1.82) is 0 Å². The highest BCUT2D eigenvalue weighted by Gasteiger charge is 2.18. The topological polar surface area (TPSA) is 88.1 Å². The zero-order chi connectivity index (χ0) is 19.3. The van der Waals surface area contributed by atoms with E-state index in [4.69, 9.17) is 18.9 Å². The van der Waals surface area contributed by atoms with Gasteiger partial charge in [-0.2, -0.15) is 0 Å². The smallest absolute Gasteiger partial charge is 0.302 e. The van der Waals surface area contributed by atoms with Crippen molar-refractivity contribution in [3.05, 3.63) is 34.9 Å². The van der Waals surface area contributed by atoms with Gasteiger partial charge in [-0.25, -0.2) is 0 Å². The van der Waals surface area contributed by atoms with Crippen LogP contribution in [0.1, 0.15) is 35.3 Å². The number of aldehydes is 1. The van der Waals surface area contributed by atoms with E-state index in [1.165, 1.54) is 28.1 Å². The molecule has 0 heterocycles. The summed E-state index contributed by atoms with van der Waals surface area (Å²) in [5.74, 6) is 0.0356. The van der Waals surface area contributed by atoms with Crippen molar-refractivity contribution in [2.24, 2.45) is 0 Å². The third kappa shape index (κ3) is 4.11. The Balaban J connectivity index is 2.71. The van der Waals surface area contributed by atoms with Gasteiger partial charge in [-0.1, -0.05) is 0 Å². The summed E-state index contributed by atoms with van der Waals surface area (Å²) in [5.41, 5.74) is 1.39. The van der Waals surface area contributed by atoms with Gasteiger partial charge in [0.05, 0.1) is 14.2 Å². The SMILES string of the molecule is COc1cc2cc(COC(C)=O)c(COC(C)=O)c(C=O)c2cc1OC. The molecule has 0 unspecified atom stereocenters. The molecule has 7 nitrogen and oxygen atoms in total. The number of hydrogen-bond acceptors (Lipinski definition) is 7. The minimum atomic E-state index is -0.479. The monoisotopic (exact) mass is 360 g/mol. The Hall–Kier alpha value is -3.09. The summed E-state index contributed by atoms with van der Waals surface area (Å²) in [5, 5.41) is 1.32. The summed E-state index contributed by atoms with van der Waals surface area (Å²) in [6.07, 6.45) is 0.685. The Kier molecular flexibility index (Phi) is 6.16. The van der Waals surface area contributed by atoms with Crippen molar-refractivity contribution in [3.8, 4) is 11.5 Å². The van der Waals surface area contributed by atoms with E-state index in [0.717, 1.165) is 0 Å². The molecule has 0 amide bonds. The minimum absolute atomic E-state index is 0.0446. The van der Waals surface area contributed by atoms with E-state index in [0.29, 0.717) is 45.2 Å². The lowest BCUT2D eigenvalue weighted by Gasteiger charge is -2.17. The van der Waals surface area contributed by atoms with E-state index < -0.39 is 11.9 Å². The first-order chi connectivity index (χ1) is 12.4. The van der Waals surface area contributed by atoms with Gasteiger partial charge in [0.15, 0.2) is 17.8 Å². The first kappa shape index (κ1) is 19.2. The number of carbonyl (C=O) groups excluding carboxylic acids is 3. The number of ether oxygens (including phenoxy) is 4. The molecule has 0 aliphatic rings. The second-order valence-electron chi connectivity index (χ2n) is 5.53. The first-order valence-electron chi connectivity index (χ1n) is 7.83. The van der Waals surface area contributed by atoms with Crippen LogP contribution >= 0.6 is 0 Å². The Morgan fingerprint density at radius 3 is 2.04 bits per heavy atom. The maximum atomic E-state index is 11.8. The van der Waals surface area contributed by atoms with E-state index in [2.05, 4.69) is 0 Å². The lowest BCUT2D eigenvalue weighted by molar-refractivity contribution is -0.143. The van der Waals surface area contributed by atoms with Crippen LogP contribution in [0.4, 0.5) is 0 Å². The Bertz CT molecular complexity index is 855. The third-order valence-electron chi connectivity index (χ3n) is 3.86. The van der Waals surface area contributed by atoms with E-state index >= 15 is 0 Å². The molecule has 138 valence electrons. The molecule has 0 aliphatic heterocycles. The molecule has 26 heavy (non-hydrogen) atoms. The molecule has 0 spiro atoms. The Morgan fingerprint density at radius 1 is 0.923 bits per heavy atom. The molecule has 7 heteroatoms. The van der Waals surface area contributed by atoms with E-state index in [9.17, 15) is 14.4 Å². The summed E-state index contributed by atoms with van der Waals surface area (Å²) in [6.45, 7) is 2.42. The van der Waals surface area contributed by atoms with Gasteiger partial charge in [-0.3, -0.25) is 14.4 Å². The predicted octanol–water partition coefficient (Wildman–Crippen LogP) is 2.80. The van der Waals surface area contributed by atoms with Crippen LogP contribution < -0.4 is 9.47 Å². The molecule has 0 fully saturated rings. The molecule has 0 saturated heterocycles. The molecular formula is C19H20O7. The molecule has 0 saturated carbocycles. The van der Waals surface area contributed by atoms with Crippen LogP contribution in [0.3, 0.4) is 0 Å². The number of fused-ring (bicyclic) bond motifs is 1. The molecule has 0 atom stereocenters. The number of hydrogen-bond donors (Lipinski definition) is 0. The fourth-order valence-corrected chi connectivity index (χ4v) is 2.64. The van der Waals surface area contributed by atoms with Crippen molar-refractivity contribution in [3.63, 3.8) is 0 Å². The van der Waals surface area contributed by atoms with Crippen molar-refractivity contribution < 1.29 is 33.3 Å². The van der Waals surface area contributed by atoms with E-state index in [1.807, 2.05) is 0 Å². The summed E-state index contributed by atoms with van der Waals surface area (Å²) in [6, 6.07) is 5.19. The summed E-state index contributed by atoms with van der Waals surface area (Å²) in [7, 11) is 3.01. The summed E-state index contributed by atoms with van der Waals surface area (Å²) >= 11 is 0. The molecule has 0 N–H and O–H groups in total. The maximum Gasteiger partial charge on any atom is 0.302 e. The van der Waals surface area contributed by atoms with Crippen LogP contribution in [-0.2, 0) is 32.3 Å². The molecule has 2 aromatic carbocycles. The van der Waals surface area contributed by atoms with Crippen LogP contribution in [0.5, 0.6) is 11.5 Å². The van der Waals surface area contributed by atoms with Crippen LogP contribution in [0, 0.1) is 0 Å². The summed E-state index contributed by atoms with van der Waals surface area (Å²) in [4.78, 5) is 34.2. The van der Waals surface area contributed by atoms with Gasteiger partial charge in [0, 0.05) is 25.0 Å². The molecule has 0 radical (unpaired) electrons. The van der Waals surface area contributed by atoms with Gasteiger partial charge in [0.1, 0.15) is 13.2 Å². The molecule has 2 rings (SSSR count). The van der Waals surface area contributed by atoms with Gasteiger partial charge in [0.25, 0.3) is 0 Å². The second kappa shape index (κ2) is 8.33. The van der Waals surface area contributed by atoms with Crippen molar-refractivity contribution in [2.75, 3.05) is 14.2 Å². The minimum Gasteiger partial charge on any atom is -0.493 e. The van der Waals surface area contributed by atoms with E-state index in [-0.39, 0.29) is 13.2 Å². The number of carbonyl (C=O) groups is 3. The van der Waals surface area contributed by atoms with E-state index in [1.54, 1.807) is 18.2 Å². The quantitative estimate of drug-likeness (QED) is 0.554. The number of esters is 2. The molecule has 0 aromatic heterocycles. The van der Waals surface area contributed by atoms with Gasteiger partial charge in [-0.05, 0) is 34.5 Å². The number of benzene rings is 2. The largest absolute Gasteiger partial charge is 0.493 e. The second-order valence-corrected chi connectivity index (χ2v) is 5.53. The first-order valence-corrected chi connectivity index (χ1v) is 7.83. The van der Waals surface area contributed by atoms with Gasteiger partial charge in [-0.15, -0.1) is 0 Å². The molecule has 0 aliphatic carbocycles. The lowest BCUT2D eigenvalue weighted by Crippen LogP contribution is -2.09. The highest BCUT2D eigenvalue weighted by molar-refractivity contribution is 6.01. The van der Waals surface area contributed by atoms with Crippen molar-refractivity contribution in [2.45, 2.75) is 27.1 Å². The van der Waals surface area contributed by atoms with Gasteiger partial charge in [0.2, 0.25) is 0 Å². The highest BCUT2D eigenvalue weighted by atomic mass is 16.5. The van der Waals surface area contributed by atoms with Gasteiger partial charge < -0.3 is 18.9 Å². The highest BCUT2D eigenvalue weighted by Crippen LogP contribution is 2.36. The van der Waals surface area contributed by atoms with Crippen molar-refractivity contribution >= 4 is 29.0 Å². The Morgan fingerprint density at radius 2 is 1.50 bits per heavy atom. The zero-order valence-electron chi connectivity index (χ0n) is 15.1. The third-order valence-corrected chi connectivity index (χ3v) is 3.86. The summed E-state index contributed by atoms with van der Waals surface area (Å²) < 4.78 is 20.7.